The summed E-state index contributed by atoms with van der Waals surface area (Å²) in [5, 5.41) is 0. The van der Waals surface area contributed by atoms with Gasteiger partial charge < -0.3 is 9.47 Å². The van der Waals surface area contributed by atoms with Crippen molar-refractivity contribution in [2.75, 3.05) is 6.61 Å². The lowest BCUT2D eigenvalue weighted by Crippen LogP contribution is -2.16. The topological polar surface area (TPSA) is 52.6 Å². The molecule has 0 rings (SSSR count). The van der Waals surface area contributed by atoms with E-state index >= 15 is 0 Å². The first-order valence-corrected chi connectivity index (χ1v) is 6.80. The molecule has 0 aliphatic heterocycles. The third-order valence-electron chi connectivity index (χ3n) is 2.55. The van der Waals surface area contributed by atoms with Crippen LogP contribution in [0, 0.1) is 5.92 Å². The molecule has 0 radical (unpaired) electrons. The summed E-state index contributed by atoms with van der Waals surface area (Å²) < 4.78 is 10.0. The number of rotatable bonds is 9. The van der Waals surface area contributed by atoms with Crippen LogP contribution in [-0.4, -0.2) is 24.6 Å². The van der Waals surface area contributed by atoms with Gasteiger partial charge in [0, 0.05) is 12.8 Å². The normalized spacial score (nSPS) is 12.3. The molecular weight excluding hydrogens is 232 g/mol. The van der Waals surface area contributed by atoms with Crippen molar-refractivity contribution in [1.82, 2.24) is 0 Å². The Morgan fingerprint density at radius 1 is 1.00 bits per heavy atom. The number of hydrogen-bond donors (Lipinski definition) is 0. The van der Waals surface area contributed by atoms with Crippen LogP contribution in [0.2, 0.25) is 0 Å². The molecule has 0 aromatic carbocycles. The zero-order valence-corrected chi connectivity index (χ0v) is 12.0. The van der Waals surface area contributed by atoms with E-state index in [1.54, 1.807) is 6.92 Å². The molecule has 0 heterocycles. The molecule has 0 saturated heterocycles. The summed E-state index contributed by atoms with van der Waals surface area (Å²) in [6.45, 7) is 8.35. The fraction of sp³-hybridized carbons (Fsp3) is 0.857. The second kappa shape index (κ2) is 9.92. The molecule has 4 heteroatoms. The van der Waals surface area contributed by atoms with Crippen LogP contribution >= 0.6 is 0 Å². The van der Waals surface area contributed by atoms with Crippen LogP contribution in [0.15, 0.2) is 0 Å². The minimum atomic E-state index is -0.252. The fourth-order valence-electron chi connectivity index (χ4n) is 1.52. The molecule has 4 nitrogen and oxygen atoms in total. The third-order valence-corrected chi connectivity index (χ3v) is 2.55. The van der Waals surface area contributed by atoms with Crippen LogP contribution in [0.4, 0.5) is 0 Å². The first-order chi connectivity index (χ1) is 8.45. The quantitative estimate of drug-likeness (QED) is 0.596. The minimum Gasteiger partial charge on any atom is -0.466 e. The van der Waals surface area contributed by atoms with Gasteiger partial charge in [-0.25, -0.2) is 0 Å². The maximum Gasteiger partial charge on any atom is 0.306 e. The van der Waals surface area contributed by atoms with Crippen molar-refractivity contribution in [2.45, 2.75) is 65.9 Å². The molecule has 0 spiro atoms. The summed E-state index contributed by atoms with van der Waals surface area (Å²) in [7, 11) is 0. The SMILES string of the molecule is CCOC(=O)CCCC(=O)OC(C)CCC(C)C. The van der Waals surface area contributed by atoms with E-state index in [4.69, 9.17) is 9.47 Å². The summed E-state index contributed by atoms with van der Waals surface area (Å²) in [5.74, 6) is 0.142. The van der Waals surface area contributed by atoms with Crippen molar-refractivity contribution in [3.63, 3.8) is 0 Å². The van der Waals surface area contributed by atoms with E-state index in [1.165, 1.54) is 0 Å². The summed E-state index contributed by atoms with van der Waals surface area (Å²) in [6, 6.07) is 0. The third kappa shape index (κ3) is 10.1. The molecule has 0 saturated carbocycles. The Kier molecular flexibility index (Phi) is 9.33. The van der Waals surface area contributed by atoms with Crippen molar-refractivity contribution >= 4 is 11.9 Å². The second-order valence-corrected chi connectivity index (χ2v) is 4.93. The Hall–Kier alpha value is -1.06. The lowest BCUT2D eigenvalue weighted by Gasteiger charge is -2.14. The van der Waals surface area contributed by atoms with E-state index in [-0.39, 0.29) is 30.9 Å². The molecule has 18 heavy (non-hydrogen) atoms. The zero-order chi connectivity index (χ0) is 14.0. The highest BCUT2D eigenvalue weighted by Crippen LogP contribution is 2.10. The first kappa shape index (κ1) is 16.9. The van der Waals surface area contributed by atoms with E-state index in [0.29, 0.717) is 18.9 Å². The standard InChI is InChI=1S/C14H26O4/c1-5-17-13(15)7-6-8-14(16)18-12(4)10-9-11(2)3/h11-12H,5-10H2,1-4H3. The molecule has 0 aliphatic carbocycles. The van der Waals surface area contributed by atoms with Crippen LogP contribution in [0.25, 0.3) is 0 Å². The monoisotopic (exact) mass is 258 g/mol. The number of esters is 2. The summed E-state index contributed by atoms with van der Waals surface area (Å²) in [5.41, 5.74) is 0. The minimum absolute atomic E-state index is 0.0394. The van der Waals surface area contributed by atoms with Crippen LogP contribution in [0.1, 0.15) is 59.8 Å². The number of carbonyl (C=O) groups is 2. The fourth-order valence-corrected chi connectivity index (χ4v) is 1.52. The largest absolute Gasteiger partial charge is 0.466 e. The van der Waals surface area contributed by atoms with Gasteiger partial charge in [0.25, 0.3) is 0 Å². The molecule has 0 amide bonds. The highest BCUT2D eigenvalue weighted by atomic mass is 16.5. The highest BCUT2D eigenvalue weighted by molar-refractivity contribution is 5.72. The van der Waals surface area contributed by atoms with Gasteiger partial charge in [-0.2, -0.15) is 0 Å². The Morgan fingerprint density at radius 3 is 2.17 bits per heavy atom. The Morgan fingerprint density at radius 2 is 1.61 bits per heavy atom. The molecule has 1 atom stereocenters. The molecule has 0 aromatic rings. The van der Waals surface area contributed by atoms with E-state index in [0.717, 1.165) is 12.8 Å². The Labute approximate surface area is 110 Å². The Balaban J connectivity index is 3.61. The summed E-state index contributed by atoms with van der Waals surface area (Å²) in [4.78, 5) is 22.5. The van der Waals surface area contributed by atoms with Gasteiger partial charge in [0.15, 0.2) is 0 Å². The summed E-state index contributed by atoms with van der Waals surface area (Å²) >= 11 is 0. The summed E-state index contributed by atoms with van der Waals surface area (Å²) in [6.07, 6.45) is 2.96. The molecule has 0 bridgehead atoms. The van der Waals surface area contributed by atoms with Crippen LogP contribution in [0.5, 0.6) is 0 Å². The predicted molar refractivity (Wildman–Crippen MR) is 70.1 cm³/mol. The average Bonchev–Trinajstić information content (AvgIpc) is 2.26. The van der Waals surface area contributed by atoms with Gasteiger partial charge >= 0.3 is 11.9 Å². The number of ether oxygens (including phenoxy) is 2. The molecule has 0 aliphatic rings. The van der Waals surface area contributed by atoms with E-state index in [2.05, 4.69) is 13.8 Å². The van der Waals surface area contributed by atoms with Crippen molar-refractivity contribution in [2.24, 2.45) is 5.92 Å². The second-order valence-electron chi connectivity index (χ2n) is 4.93. The number of carbonyl (C=O) groups excluding carboxylic acids is 2. The predicted octanol–water partition coefficient (Wildman–Crippen LogP) is 3.09. The molecule has 106 valence electrons. The van der Waals surface area contributed by atoms with Gasteiger partial charge in [-0.1, -0.05) is 13.8 Å². The van der Waals surface area contributed by atoms with Gasteiger partial charge in [0.1, 0.15) is 0 Å². The van der Waals surface area contributed by atoms with Gasteiger partial charge in [-0.3, -0.25) is 9.59 Å². The lowest BCUT2D eigenvalue weighted by atomic mass is 10.1. The van der Waals surface area contributed by atoms with E-state index in [9.17, 15) is 9.59 Å². The molecule has 0 fully saturated rings. The molecule has 0 aromatic heterocycles. The van der Waals surface area contributed by atoms with Gasteiger partial charge in [-0.05, 0) is 39.0 Å². The van der Waals surface area contributed by atoms with E-state index in [1.807, 2.05) is 6.92 Å². The van der Waals surface area contributed by atoms with Crippen molar-refractivity contribution in [3.05, 3.63) is 0 Å². The average molecular weight is 258 g/mol. The van der Waals surface area contributed by atoms with Crippen LogP contribution in [-0.2, 0) is 19.1 Å². The molecular formula is C14H26O4. The highest BCUT2D eigenvalue weighted by Gasteiger charge is 2.11. The van der Waals surface area contributed by atoms with Crippen molar-refractivity contribution in [3.8, 4) is 0 Å². The van der Waals surface area contributed by atoms with Gasteiger partial charge in [0.2, 0.25) is 0 Å². The number of hydrogen-bond acceptors (Lipinski definition) is 4. The van der Waals surface area contributed by atoms with E-state index < -0.39 is 0 Å². The molecule has 0 N–H and O–H groups in total. The lowest BCUT2D eigenvalue weighted by molar-refractivity contribution is -0.149. The zero-order valence-electron chi connectivity index (χ0n) is 12.0. The maximum atomic E-state index is 11.5. The van der Waals surface area contributed by atoms with Crippen LogP contribution < -0.4 is 0 Å². The van der Waals surface area contributed by atoms with Gasteiger partial charge in [-0.15, -0.1) is 0 Å². The van der Waals surface area contributed by atoms with Crippen molar-refractivity contribution in [1.29, 1.82) is 0 Å². The molecule has 1 unspecified atom stereocenters. The van der Waals surface area contributed by atoms with Crippen LogP contribution in [0.3, 0.4) is 0 Å². The van der Waals surface area contributed by atoms with Crippen molar-refractivity contribution < 1.29 is 19.1 Å². The maximum absolute atomic E-state index is 11.5. The van der Waals surface area contributed by atoms with Gasteiger partial charge in [0.05, 0.1) is 12.7 Å². The Bertz CT molecular complexity index is 248. The smallest absolute Gasteiger partial charge is 0.306 e. The first-order valence-electron chi connectivity index (χ1n) is 6.80.